The molecule has 3 rings (SSSR count). The van der Waals surface area contributed by atoms with E-state index in [1.807, 2.05) is 6.07 Å². The second kappa shape index (κ2) is 13.0. The molecule has 1 atom stereocenters. The van der Waals surface area contributed by atoms with Gasteiger partial charge in [0.15, 0.2) is 0 Å². The lowest BCUT2D eigenvalue weighted by Gasteiger charge is -2.37. The van der Waals surface area contributed by atoms with E-state index in [9.17, 15) is 29.1 Å². The summed E-state index contributed by atoms with van der Waals surface area (Å²) in [5.74, 6) is -4.10. The van der Waals surface area contributed by atoms with E-state index in [0.717, 1.165) is 10.5 Å². The predicted molar refractivity (Wildman–Crippen MR) is 137 cm³/mol. The van der Waals surface area contributed by atoms with Crippen LogP contribution in [-0.2, 0) is 25.7 Å². The molecule has 2 aromatic carbocycles. The Morgan fingerprint density at radius 2 is 1.61 bits per heavy atom. The first-order valence-corrected chi connectivity index (χ1v) is 12.0. The second-order valence-corrected chi connectivity index (χ2v) is 8.71. The summed E-state index contributed by atoms with van der Waals surface area (Å²) in [6.45, 7) is 0.748. The number of carboxylic acids is 1. The van der Waals surface area contributed by atoms with Crippen molar-refractivity contribution in [2.45, 2.75) is 25.4 Å². The first-order chi connectivity index (χ1) is 18.2. The SMILES string of the molecule is N=C(N)c1ccc(C(=O)NCCCN2CCN(C(CC(=O)O)C(=O)NCc3ccccc3)C(=O)C2=O)cc1. The van der Waals surface area contributed by atoms with Crippen LogP contribution in [0.15, 0.2) is 54.6 Å². The Hall–Kier alpha value is -4.74. The van der Waals surface area contributed by atoms with Crippen LogP contribution in [0.1, 0.15) is 34.3 Å². The molecule has 0 radical (unpaired) electrons. The lowest BCUT2D eigenvalue weighted by atomic mass is 10.1. The molecule has 6 N–H and O–H groups in total. The van der Waals surface area contributed by atoms with Crippen molar-refractivity contribution in [1.82, 2.24) is 20.4 Å². The van der Waals surface area contributed by atoms with Gasteiger partial charge >= 0.3 is 17.8 Å². The van der Waals surface area contributed by atoms with Crippen molar-refractivity contribution >= 4 is 35.4 Å². The monoisotopic (exact) mass is 522 g/mol. The van der Waals surface area contributed by atoms with Crippen molar-refractivity contribution < 1.29 is 29.1 Å². The molecule has 0 bridgehead atoms. The average Bonchev–Trinajstić information content (AvgIpc) is 2.91. The molecule has 0 spiro atoms. The van der Waals surface area contributed by atoms with E-state index in [1.54, 1.807) is 48.5 Å². The fourth-order valence-corrected chi connectivity index (χ4v) is 3.99. The molecule has 1 unspecified atom stereocenters. The molecule has 2 aromatic rings. The molecule has 0 aromatic heterocycles. The van der Waals surface area contributed by atoms with E-state index in [-0.39, 0.29) is 44.5 Å². The van der Waals surface area contributed by atoms with E-state index in [1.165, 1.54) is 4.90 Å². The first kappa shape index (κ1) is 27.8. The van der Waals surface area contributed by atoms with Gasteiger partial charge in [0.2, 0.25) is 5.91 Å². The molecule has 12 heteroatoms. The molecule has 38 heavy (non-hydrogen) atoms. The molecule has 1 aliphatic heterocycles. The smallest absolute Gasteiger partial charge is 0.312 e. The van der Waals surface area contributed by atoms with E-state index >= 15 is 0 Å². The minimum atomic E-state index is -1.32. The van der Waals surface area contributed by atoms with Gasteiger partial charge in [0.25, 0.3) is 5.91 Å². The molecule has 4 amide bonds. The molecule has 1 saturated heterocycles. The van der Waals surface area contributed by atoms with Crippen LogP contribution >= 0.6 is 0 Å². The van der Waals surface area contributed by atoms with Crippen molar-refractivity contribution in [2.75, 3.05) is 26.2 Å². The van der Waals surface area contributed by atoms with Gasteiger partial charge in [0, 0.05) is 43.9 Å². The van der Waals surface area contributed by atoms with Crippen molar-refractivity contribution in [3.63, 3.8) is 0 Å². The number of carbonyl (C=O) groups excluding carboxylic acids is 4. The number of amides is 4. The number of benzene rings is 2. The van der Waals surface area contributed by atoms with Gasteiger partial charge in [0.05, 0.1) is 6.42 Å². The van der Waals surface area contributed by atoms with E-state index in [2.05, 4.69) is 10.6 Å². The zero-order chi connectivity index (χ0) is 27.7. The fraction of sp³-hybridized carbons (Fsp3) is 0.308. The van der Waals surface area contributed by atoms with Crippen molar-refractivity contribution in [1.29, 1.82) is 5.41 Å². The summed E-state index contributed by atoms with van der Waals surface area (Å²) in [7, 11) is 0. The number of hydrogen-bond acceptors (Lipinski definition) is 6. The Morgan fingerprint density at radius 1 is 0.947 bits per heavy atom. The van der Waals surface area contributed by atoms with Gasteiger partial charge in [-0.1, -0.05) is 42.5 Å². The third kappa shape index (κ3) is 7.38. The number of carbonyl (C=O) groups is 5. The number of nitrogens with two attached hydrogens (primary N) is 1. The Morgan fingerprint density at radius 3 is 2.24 bits per heavy atom. The molecule has 1 fully saturated rings. The highest BCUT2D eigenvalue weighted by molar-refractivity contribution is 6.35. The van der Waals surface area contributed by atoms with Crippen LogP contribution < -0.4 is 16.4 Å². The number of nitrogen functional groups attached to an aromatic ring is 1. The van der Waals surface area contributed by atoms with Gasteiger partial charge in [-0.2, -0.15) is 0 Å². The van der Waals surface area contributed by atoms with Gasteiger partial charge in [-0.3, -0.25) is 29.4 Å². The Labute approximate surface area is 219 Å². The number of rotatable bonds is 12. The molecule has 12 nitrogen and oxygen atoms in total. The quantitative estimate of drug-likeness (QED) is 0.112. The largest absolute Gasteiger partial charge is 0.481 e. The summed E-state index contributed by atoms with van der Waals surface area (Å²) in [5.41, 5.74) is 7.11. The minimum Gasteiger partial charge on any atom is -0.481 e. The summed E-state index contributed by atoms with van der Waals surface area (Å²) < 4.78 is 0. The third-order valence-electron chi connectivity index (χ3n) is 6.05. The molecule has 0 aliphatic carbocycles. The third-order valence-corrected chi connectivity index (χ3v) is 6.05. The number of hydrogen-bond donors (Lipinski definition) is 5. The van der Waals surface area contributed by atoms with Crippen molar-refractivity contribution in [3.8, 4) is 0 Å². The molecule has 1 heterocycles. The highest BCUT2D eigenvalue weighted by Gasteiger charge is 2.39. The molecule has 1 aliphatic rings. The lowest BCUT2D eigenvalue weighted by molar-refractivity contribution is -0.160. The maximum Gasteiger partial charge on any atom is 0.312 e. The Bertz CT molecular complexity index is 1200. The van der Waals surface area contributed by atoms with Crippen LogP contribution in [0.2, 0.25) is 0 Å². The number of carboxylic acid groups (broad SMARTS) is 1. The van der Waals surface area contributed by atoms with Gasteiger partial charge in [0.1, 0.15) is 11.9 Å². The summed E-state index contributed by atoms with van der Waals surface area (Å²) in [4.78, 5) is 64.3. The highest BCUT2D eigenvalue weighted by Crippen LogP contribution is 2.14. The van der Waals surface area contributed by atoms with Crippen LogP contribution in [0, 0.1) is 5.41 Å². The normalized spacial score (nSPS) is 14.1. The lowest BCUT2D eigenvalue weighted by Crippen LogP contribution is -2.60. The number of nitrogens with zero attached hydrogens (tertiary/aromatic N) is 2. The molecular weight excluding hydrogens is 492 g/mol. The predicted octanol–water partition coefficient (Wildman–Crippen LogP) is -0.0789. The van der Waals surface area contributed by atoms with Crippen molar-refractivity contribution in [3.05, 3.63) is 71.3 Å². The summed E-state index contributed by atoms with van der Waals surface area (Å²) in [6, 6.07) is 14.0. The first-order valence-electron chi connectivity index (χ1n) is 12.0. The molecule has 0 saturated carbocycles. The van der Waals surface area contributed by atoms with Crippen molar-refractivity contribution in [2.24, 2.45) is 5.73 Å². The molecular formula is C26H30N6O6. The van der Waals surface area contributed by atoms with E-state index in [4.69, 9.17) is 11.1 Å². The maximum atomic E-state index is 12.8. The van der Waals surface area contributed by atoms with Gasteiger partial charge in [-0.15, -0.1) is 0 Å². The van der Waals surface area contributed by atoms with Crippen LogP contribution in [0.25, 0.3) is 0 Å². The summed E-state index contributed by atoms with van der Waals surface area (Å²) in [5, 5.41) is 22.1. The fourth-order valence-electron chi connectivity index (χ4n) is 3.99. The van der Waals surface area contributed by atoms with Crippen LogP contribution in [-0.4, -0.2) is 82.6 Å². The highest BCUT2D eigenvalue weighted by atomic mass is 16.4. The standard InChI is InChI=1S/C26H30N6O6/c27-22(28)18-7-9-19(10-8-18)23(35)29-11-4-12-31-13-14-32(26(38)25(31)37)20(15-21(33)34)24(36)30-16-17-5-2-1-3-6-17/h1-3,5-10,20H,4,11-16H2,(H3,27,28)(H,29,35)(H,30,36)(H,33,34). The topological polar surface area (TPSA) is 186 Å². The zero-order valence-corrected chi connectivity index (χ0v) is 20.7. The van der Waals surface area contributed by atoms with Crippen LogP contribution in [0.4, 0.5) is 0 Å². The van der Waals surface area contributed by atoms with E-state index in [0.29, 0.717) is 17.5 Å². The van der Waals surface area contributed by atoms with Gasteiger partial charge in [-0.25, -0.2) is 0 Å². The average molecular weight is 523 g/mol. The Balaban J connectivity index is 1.50. The molecule has 200 valence electrons. The number of nitrogens with one attached hydrogen (secondary N) is 3. The minimum absolute atomic E-state index is 0.0101. The summed E-state index contributed by atoms with van der Waals surface area (Å²) in [6.07, 6.45) is -0.245. The van der Waals surface area contributed by atoms with Crippen LogP contribution in [0.5, 0.6) is 0 Å². The van der Waals surface area contributed by atoms with Gasteiger partial charge in [-0.05, 0) is 24.1 Å². The van der Waals surface area contributed by atoms with Crippen LogP contribution in [0.3, 0.4) is 0 Å². The number of amidine groups is 1. The maximum absolute atomic E-state index is 12.8. The zero-order valence-electron chi connectivity index (χ0n) is 20.7. The number of piperazine rings is 1. The number of aliphatic carboxylic acids is 1. The van der Waals surface area contributed by atoms with E-state index < -0.39 is 36.2 Å². The summed E-state index contributed by atoms with van der Waals surface area (Å²) >= 11 is 0. The Kier molecular flexibility index (Phi) is 9.52. The second-order valence-electron chi connectivity index (χ2n) is 8.71. The van der Waals surface area contributed by atoms with Gasteiger partial charge < -0.3 is 31.3 Å².